The third-order valence-corrected chi connectivity index (χ3v) is 6.50. The molecule has 2 aliphatic rings. The molecule has 3 N–H and O–H groups in total. The molecule has 1 atom stereocenters. The summed E-state index contributed by atoms with van der Waals surface area (Å²) in [5.74, 6) is 2.26. The number of hydrogen-bond donors (Lipinski definition) is 3. The van der Waals surface area contributed by atoms with Gasteiger partial charge in [0.2, 0.25) is 0 Å². The van der Waals surface area contributed by atoms with Gasteiger partial charge in [0.05, 0.1) is 30.3 Å². The van der Waals surface area contributed by atoms with E-state index in [2.05, 4.69) is 26.6 Å². The highest BCUT2D eigenvalue weighted by molar-refractivity contribution is 5.77. The number of rotatable bonds is 5. The smallest absolute Gasteiger partial charge is 0.180 e. The normalized spacial score (nSPS) is 17.4. The van der Waals surface area contributed by atoms with Crippen molar-refractivity contribution in [1.29, 1.82) is 0 Å². The largest absolute Gasteiger partial charge is 0.495 e. The number of aliphatic hydroxyl groups is 1. The van der Waals surface area contributed by atoms with Crippen LogP contribution in [0.4, 0.5) is 22.9 Å². The fourth-order valence-electron chi connectivity index (χ4n) is 4.78. The third kappa shape index (κ3) is 4.19. The number of methoxy groups -OCH3 is 1. The lowest BCUT2D eigenvalue weighted by Gasteiger charge is -2.33. The molecule has 0 spiro atoms. The van der Waals surface area contributed by atoms with E-state index in [9.17, 15) is 5.11 Å². The molecule has 2 aliphatic heterocycles. The summed E-state index contributed by atoms with van der Waals surface area (Å²) in [6.45, 7) is 2.97. The molecule has 0 saturated carbocycles. The highest BCUT2D eigenvalue weighted by Gasteiger charge is 2.21. The van der Waals surface area contributed by atoms with Gasteiger partial charge in [0.25, 0.3) is 0 Å². The van der Waals surface area contributed by atoms with Crippen LogP contribution < -0.4 is 25.0 Å². The van der Waals surface area contributed by atoms with Crippen LogP contribution in [-0.4, -0.2) is 58.9 Å². The van der Waals surface area contributed by atoms with E-state index in [-0.39, 0.29) is 6.10 Å². The van der Waals surface area contributed by atoms with Crippen molar-refractivity contribution < 1.29 is 14.6 Å². The van der Waals surface area contributed by atoms with E-state index < -0.39 is 0 Å². The Morgan fingerprint density at radius 3 is 3.06 bits per heavy atom. The maximum atomic E-state index is 10.1. The number of ether oxygens (including phenoxy) is 2. The van der Waals surface area contributed by atoms with E-state index in [1.165, 1.54) is 0 Å². The molecule has 4 heterocycles. The number of nitrogens with zero attached hydrogens (tertiary/aromatic N) is 4. The molecule has 9 heteroatoms. The number of β-amino-alcohol motifs (C(OH)–C–C–N with tert-alkyl or cyclic N) is 1. The second-order valence-electron chi connectivity index (χ2n) is 8.87. The van der Waals surface area contributed by atoms with Crippen LogP contribution in [0, 0.1) is 0 Å². The van der Waals surface area contributed by atoms with Gasteiger partial charge in [0.1, 0.15) is 18.1 Å². The molecule has 0 bridgehead atoms. The zero-order chi connectivity index (χ0) is 23.8. The predicted molar refractivity (Wildman–Crippen MR) is 136 cm³/mol. The number of aromatic nitrogens is 3. The van der Waals surface area contributed by atoms with Gasteiger partial charge in [-0.15, -0.1) is 0 Å². The van der Waals surface area contributed by atoms with E-state index in [4.69, 9.17) is 14.5 Å². The Bertz CT molecular complexity index is 1370. The molecule has 1 saturated heterocycles. The van der Waals surface area contributed by atoms with Crippen LogP contribution in [-0.2, 0) is 0 Å². The lowest BCUT2D eigenvalue weighted by molar-refractivity contribution is 0.154. The molecule has 0 aliphatic carbocycles. The van der Waals surface area contributed by atoms with Gasteiger partial charge in [-0.3, -0.25) is 0 Å². The van der Waals surface area contributed by atoms with Gasteiger partial charge in [-0.2, -0.15) is 0 Å². The molecule has 2 aromatic heterocycles. The van der Waals surface area contributed by atoms with Crippen molar-refractivity contribution >= 4 is 28.5 Å². The van der Waals surface area contributed by atoms with Crippen LogP contribution in [0.15, 0.2) is 55.0 Å². The van der Waals surface area contributed by atoms with Gasteiger partial charge < -0.3 is 34.5 Å². The molecule has 4 aromatic rings. The standard InChI is InChI=1S/C26H28N6O3/c1-34-24-14-18(5-6-22(24)31-10-2-3-19(33)15-31)29-25-26-28-8-11-32(26)16-21(30-25)17-4-7-23-20(13-17)27-9-12-35-23/h4-8,11,13-14,16,19,27,33H,2-3,9-10,12,15H2,1H3,(H,29,30). The van der Waals surface area contributed by atoms with Crippen LogP contribution in [0.1, 0.15) is 12.8 Å². The second-order valence-corrected chi connectivity index (χ2v) is 8.87. The molecule has 0 amide bonds. The van der Waals surface area contributed by atoms with Crippen LogP contribution in [0.5, 0.6) is 11.5 Å². The van der Waals surface area contributed by atoms with Gasteiger partial charge in [-0.25, -0.2) is 9.97 Å². The Morgan fingerprint density at radius 2 is 2.17 bits per heavy atom. The van der Waals surface area contributed by atoms with Crippen molar-refractivity contribution in [2.24, 2.45) is 0 Å². The van der Waals surface area contributed by atoms with Gasteiger partial charge in [-0.05, 0) is 43.2 Å². The summed E-state index contributed by atoms with van der Waals surface area (Å²) in [5.41, 5.74) is 5.33. The summed E-state index contributed by atoms with van der Waals surface area (Å²) in [6, 6.07) is 12.1. The first-order chi connectivity index (χ1) is 17.2. The van der Waals surface area contributed by atoms with E-state index in [0.717, 1.165) is 71.4 Å². The molecule has 35 heavy (non-hydrogen) atoms. The molecule has 6 rings (SSSR count). The fourth-order valence-corrected chi connectivity index (χ4v) is 4.78. The first kappa shape index (κ1) is 21.5. The molecular weight excluding hydrogens is 444 g/mol. The average molecular weight is 473 g/mol. The van der Waals surface area contributed by atoms with Crippen LogP contribution in [0.2, 0.25) is 0 Å². The first-order valence-corrected chi connectivity index (χ1v) is 11.9. The predicted octanol–water partition coefficient (Wildman–Crippen LogP) is 3.91. The van der Waals surface area contributed by atoms with Crippen molar-refractivity contribution in [3.8, 4) is 22.8 Å². The molecule has 0 radical (unpaired) electrons. The minimum absolute atomic E-state index is 0.308. The molecular formula is C26H28N6O3. The Labute approximate surface area is 203 Å². The summed E-state index contributed by atoms with van der Waals surface area (Å²) >= 11 is 0. The summed E-state index contributed by atoms with van der Waals surface area (Å²) in [4.78, 5) is 11.6. The highest BCUT2D eigenvalue weighted by Crippen LogP contribution is 2.36. The van der Waals surface area contributed by atoms with E-state index in [0.29, 0.717) is 19.0 Å². The first-order valence-electron chi connectivity index (χ1n) is 11.9. The molecule has 2 aromatic carbocycles. The summed E-state index contributed by atoms with van der Waals surface area (Å²) in [5, 5.41) is 16.9. The van der Waals surface area contributed by atoms with Gasteiger partial charge >= 0.3 is 0 Å². The minimum Gasteiger partial charge on any atom is -0.495 e. The number of nitrogens with one attached hydrogen (secondary N) is 2. The number of hydrogen-bond acceptors (Lipinski definition) is 8. The van der Waals surface area contributed by atoms with Crippen molar-refractivity contribution in [2.45, 2.75) is 18.9 Å². The van der Waals surface area contributed by atoms with E-state index in [1.54, 1.807) is 13.3 Å². The molecule has 180 valence electrons. The molecule has 9 nitrogen and oxygen atoms in total. The third-order valence-electron chi connectivity index (χ3n) is 6.50. The number of aliphatic hydroxyl groups excluding tert-OH is 1. The molecule has 1 fully saturated rings. The Hall–Kier alpha value is -3.98. The molecule has 1 unspecified atom stereocenters. The Balaban J connectivity index is 1.34. The SMILES string of the molecule is COc1cc(Nc2nc(-c3ccc4c(c3)NCCO4)cn3ccnc23)ccc1N1CCCC(O)C1. The zero-order valence-corrected chi connectivity index (χ0v) is 19.6. The van der Waals surface area contributed by atoms with Gasteiger partial charge in [0.15, 0.2) is 11.5 Å². The van der Waals surface area contributed by atoms with Crippen LogP contribution in [0.3, 0.4) is 0 Å². The Morgan fingerprint density at radius 1 is 1.23 bits per heavy atom. The lowest BCUT2D eigenvalue weighted by atomic mass is 10.1. The average Bonchev–Trinajstić information content (AvgIpc) is 3.37. The topological polar surface area (TPSA) is 96.2 Å². The van der Waals surface area contributed by atoms with E-state index in [1.807, 2.05) is 47.1 Å². The second kappa shape index (κ2) is 8.99. The number of imidazole rings is 1. The van der Waals surface area contributed by atoms with Gasteiger partial charge in [-0.1, -0.05) is 0 Å². The monoisotopic (exact) mass is 472 g/mol. The van der Waals surface area contributed by atoms with Crippen molar-refractivity contribution in [3.63, 3.8) is 0 Å². The summed E-state index contributed by atoms with van der Waals surface area (Å²) in [7, 11) is 1.67. The fraction of sp³-hybridized carbons (Fsp3) is 0.308. The number of anilines is 4. The minimum atomic E-state index is -0.308. The van der Waals surface area contributed by atoms with Crippen LogP contribution in [0.25, 0.3) is 16.9 Å². The summed E-state index contributed by atoms with van der Waals surface area (Å²) < 4.78 is 13.4. The van der Waals surface area contributed by atoms with Crippen molar-refractivity contribution in [3.05, 3.63) is 55.0 Å². The highest BCUT2D eigenvalue weighted by atomic mass is 16.5. The quantitative estimate of drug-likeness (QED) is 0.402. The van der Waals surface area contributed by atoms with Gasteiger partial charge in [0, 0.05) is 55.5 Å². The summed E-state index contributed by atoms with van der Waals surface area (Å²) in [6.07, 6.45) is 7.15. The number of fused-ring (bicyclic) bond motifs is 2. The van der Waals surface area contributed by atoms with Crippen molar-refractivity contribution in [2.75, 3.05) is 48.9 Å². The van der Waals surface area contributed by atoms with E-state index >= 15 is 0 Å². The zero-order valence-electron chi connectivity index (χ0n) is 19.6. The Kier molecular flexibility index (Phi) is 5.54. The number of piperidine rings is 1. The maximum Gasteiger partial charge on any atom is 0.180 e. The van der Waals surface area contributed by atoms with Crippen LogP contribution >= 0.6 is 0 Å². The lowest BCUT2D eigenvalue weighted by Crippen LogP contribution is -2.38. The number of benzene rings is 2. The maximum absolute atomic E-state index is 10.1. The van der Waals surface area contributed by atoms with Crippen molar-refractivity contribution in [1.82, 2.24) is 14.4 Å².